The van der Waals surface area contributed by atoms with Crippen LogP contribution in [0.2, 0.25) is 0 Å². The maximum Gasteiger partial charge on any atom is 0.408 e. The number of ketones is 1. The van der Waals surface area contributed by atoms with Crippen LogP contribution >= 0.6 is 0 Å². The van der Waals surface area contributed by atoms with E-state index in [9.17, 15) is 28.8 Å². The number of Topliss-reactive ketones (excluding diaryl/α,β-unsaturated/α-hetero) is 1. The Kier molecular flexibility index (Phi) is 14.1. The number of hydrogen-bond acceptors (Lipinski definition) is 7. The Bertz CT molecular complexity index is 1120. The molecule has 0 bridgehead atoms. The quantitative estimate of drug-likeness (QED) is 0.180. The van der Waals surface area contributed by atoms with E-state index in [1.54, 1.807) is 13.8 Å². The average molecular weight is 602 g/mol. The minimum atomic E-state index is -1.26. The molecule has 0 aromatic heterocycles. The van der Waals surface area contributed by atoms with Gasteiger partial charge in [0.05, 0.1) is 6.04 Å². The highest BCUT2D eigenvalue weighted by Crippen LogP contribution is 2.18. The molecule has 12 heteroatoms. The zero-order chi connectivity index (χ0) is 32.1. The second-order valence-electron chi connectivity index (χ2n) is 12.1. The van der Waals surface area contributed by atoms with E-state index in [0.717, 1.165) is 5.56 Å². The third-order valence-corrected chi connectivity index (χ3v) is 6.83. The van der Waals surface area contributed by atoms with E-state index < -0.39 is 53.6 Å². The minimum Gasteiger partial charge on any atom is -0.445 e. The number of carbonyl (C=O) groups is 6. The second kappa shape index (κ2) is 17.2. The first-order chi connectivity index (χ1) is 20.3. The Labute approximate surface area is 253 Å². The largest absolute Gasteiger partial charge is 0.445 e. The molecule has 1 aliphatic heterocycles. The molecule has 5 amide bonds. The van der Waals surface area contributed by atoms with E-state index in [4.69, 9.17) is 4.74 Å². The van der Waals surface area contributed by atoms with Crippen LogP contribution in [0, 0.1) is 17.8 Å². The van der Waals surface area contributed by atoms with Crippen molar-refractivity contribution in [1.82, 2.24) is 26.6 Å². The summed E-state index contributed by atoms with van der Waals surface area (Å²) in [5.41, 5.74) is 0.789. The van der Waals surface area contributed by atoms with Gasteiger partial charge in [0.1, 0.15) is 18.7 Å². The molecule has 1 aromatic carbocycles. The SMILES string of the molecule is CC(C)C[C@H](NC(=O)OCc1ccccc1)C(=O)N[C@@H](CC(C)C)C(=O)N[C@@H](C[C@@H]1CCNC1=O)C(=O)C(=O)NC(C)C. The van der Waals surface area contributed by atoms with Gasteiger partial charge in [0.25, 0.3) is 5.91 Å². The van der Waals surface area contributed by atoms with Gasteiger partial charge in [0, 0.05) is 18.5 Å². The van der Waals surface area contributed by atoms with E-state index in [-0.39, 0.29) is 49.7 Å². The number of carbonyl (C=O) groups excluding carboxylic acids is 6. The molecule has 1 heterocycles. The van der Waals surface area contributed by atoms with Crippen molar-refractivity contribution in [1.29, 1.82) is 0 Å². The molecule has 12 nitrogen and oxygen atoms in total. The molecule has 0 radical (unpaired) electrons. The van der Waals surface area contributed by atoms with Crippen molar-refractivity contribution in [3.05, 3.63) is 35.9 Å². The Balaban J connectivity index is 2.17. The standard InChI is InChI=1S/C31H47N5O7/c1-18(2)14-24(28(39)34-23(16-22-12-13-32-27(22)38)26(37)30(41)33-20(5)6)35-29(40)25(15-19(3)4)36-31(42)43-17-21-10-8-7-9-11-21/h7-11,18-20,22-25H,12-17H2,1-6H3,(H,32,38)(H,33,41)(H,34,39)(H,35,40)(H,36,42)/t22-,23-,24-,25-/m0/s1. The molecule has 238 valence electrons. The molecule has 0 spiro atoms. The molecule has 43 heavy (non-hydrogen) atoms. The van der Waals surface area contributed by atoms with Crippen LogP contribution in [-0.4, -0.2) is 66.2 Å². The van der Waals surface area contributed by atoms with Crippen molar-refractivity contribution in [3.63, 3.8) is 0 Å². The maximum absolute atomic E-state index is 13.5. The molecule has 1 aromatic rings. The molecule has 5 N–H and O–H groups in total. The lowest BCUT2D eigenvalue weighted by molar-refractivity contribution is -0.141. The Hall–Kier alpha value is -3.96. The van der Waals surface area contributed by atoms with E-state index in [2.05, 4.69) is 26.6 Å². The summed E-state index contributed by atoms with van der Waals surface area (Å²) in [5.74, 6) is -3.75. The first kappa shape index (κ1) is 35.2. The summed E-state index contributed by atoms with van der Waals surface area (Å²) in [4.78, 5) is 77.4. The van der Waals surface area contributed by atoms with E-state index in [1.807, 2.05) is 58.0 Å². The normalized spacial score (nSPS) is 16.7. The first-order valence-corrected chi connectivity index (χ1v) is 15.0. The van der Waals surface area contributed by atoms with Crippen LogP contribution in [-0.2, 0) is 35.3 Å². The Morgan fingerprint density at radius 3 is 1.88 bits per heavy atom. The van der Waals surface area contributed by atoms with Crippen molar-refractivity contribution in [2.75, 3.05) is 6.54 Å². The minimum absolute atomic E-state index is 0.0256. The van der Waals surface area contributed by atoms with E-state index >= 15 is 0 Å². The van der Waals surface area contributed by atoms with Crippen molar-refractivity contribution >= 4 is 35.5 Å². The fraction of sp³-hybridized carbons (Fsp3) is 0.613. The molecule has 0 saturated carbocycles. The number of rotatable bonds is 16. The van der Waals surface area contributed by atoms with Gasteiger partial charge in [-0.05, 0) is 56.9 Å². The number of amides is 5. The topological polar surface area (TPSA) is 172 Å². The summed E-state index contributed by atoms with van der Waals surface area (Å²) in [5, 5.41) is 13.2. The van der Waals surface area contributed by atoms with Crippen LogP contribution < -0.4 is 26.6 Å². The Morgan fingerprint density at radius 2 is 1.37 bits per heavy atom. The Morgan fingerprint density at radius 1 is 0.814 bits per heavy atom. The van der Waals surface area contributed by atoms with Crippen LogP contribution in [0.3, 0.4) is 0 Å². The van der Waals surface area contributed by atoms with Crippen molar-refractivity contribution in [3.8, 4) is 0 Å². The highest BCUT2D eigenvalue weighted by molar-refractivity contribution is 6.38. The molecule has 4 atom stereocenters. The van der Waals surface area contributed by atoms with Gasteiger partial charge in [-0.2, -0.15) is 0 Å². The summed E-state index contributed by atoms with van der Waals surface area (Å²) < 4.78 is 5.29. The van der Waals surface area contributed by atoms with Gasteiger partial charge in [-0.15, -0.1) is 0 Å². The number of nitrogens with one attached hydrogen (secondary N) is 5. The van der Waals surface area contributed by atoms with Gasteiger partial charge in [-0.3, -0.25) is 24.0 Å². The second-order valence-corrected chi connectivity index (χ2v) is 12.1. The van der Waals surface area contributed by atoms with Crippen molar-refractivity contribution in [2.24, 2.45) is 17.8 Å². The lowest BCUT2D eigenvalue weighted by Gasteiger charge is -2.27. The third-order valence-electron chi connectivity index (χ3n) is 6.83. The van der Waals surface area contributed by atoms with Gasteiger partial charge in [-0.1, -0.05) is 58.0 Å². The summed E-state index contributed by atoms with van der Waals surface area (Å²) in [6.45, 7) is 11.4. The molecular weight excluding hydrogens is 554 g/mol. The maximum atomic E-state index is 13.5. The molecule has 1 saturated heterocycles. The molecule has 2 rings (SSSR count). The van der Waals surface area contributed by atoms with E-state index in [0.29, 0.717) is 13.0 Å². The zero-order valence-corrected chi connectivity index (χ0v) is 26.0. The van der Waals surface area contributed by atoms with Gasteiger partial charge >= 0.3 is 6.09 Å². The highest BCUT2D eigenvalue weighted by atomic mass is 16.5. The number of hydrogen-bond donors (Lipinski definition) is 5. The highest BCUT2D eigenvalue weighted by Gasteiger charge is 2.36. The molecule has 1 aliphatic rings. The van der Waals surface area contributed by atoms with Crippen LogP contribution in [0.1, 0.15) is 72.8 Å². The molecule has 0 unspecified atom stereocenters. The van der Waals surface area contributed by atoms with Gasteiger partial charge < -0.3 is 31.3 Å². The number of alkyl carbamates (subject to hydrolysis) is 1. The summed E-state index contributed by atoms with van der Waals surface area (Å²) >= 11 is 0. The van der Waals surface area contributed by atoms with Gasteiger partial charge in [0.15, 0.2) is 0 Å². The summed E-state index contributed by atoms with van der Waals surface area (Å²) in [7, 11) is 0. The fourth-order valence-electron chi connectivity index (χ4n) is 4.74. The van der Waals surface area contributed by atoms with Gasteiger partial charge in [-0.25, -0.2) is 4.79 Å². The smallest absolute Gasteiger partial charge is 0.408 e. The zero-order valence-electron chi connectivity index (χ0n) is 26.0. The monoisotopic (exact) mass is 601 g/mol. The predicted molar refractivity (Wildman–Crippen MR) is 160 cm³/mol. The summed E-state index contributed by atoms with van der Waals surface area (Å²) in [6.07, 6.45) is 0.170. The van der Waals surface area contributed by atoms with Crippen LogP contribution in [0.5, 0.6) is 0 Å². The fourth-order valence-corrected chi connectivity index (χ4v) is 4.74. The summed E-state index contributed by atoms with van der Waals surface area (Å²) in [6, 6.07) is 5.50. The van der Waals surface area contributed by atoms with Crippen LogP contribution in [0.4, 0.5) is 4.79 Å². The van der Waals surface area contributed by atoms with E-state index in [1.165, 1.54) is 0 Å². The first-order valence-electron chi connectivity index (χ1n) is 15.0. The lowest BCUT2D eigenvalue weighted by atomic mass is 9.94. The predicted octanol–water partition coefficient (Wildman–Crippen LogP) is 1.96. The average Bonchev–Trinajstić information content (AvgIpc) is 3.33. The molecule has 0 aliphatic carbocycles. The van der Waals surface area contributed by atoms with Gasteiger partial charge in [0.2, 0.25) is 23.5 Å². The van der Waals surface area contributed by atoms with Crippen LogP contribution in [0.25, 0.3) is 0 Å². The van der Waals surface area contributed by atoms with Crippen molar-refractivity contribution in [2.45, 2.75) is 98.0 Å². The number of benzene rings is 1. The van der Waals surface area contributed by atoms with Crippen LogP contribution in [0.15, 0.2) is 30.3 Å². The number of ether oxygens (including phenoxy) is 1. The van der Waals surface area contributed by atoms with Crippen molar-refractivity contribution < 1.29 is 33.5 Å². The molecule has 1 fully saturated rings. The third kappa shape index (κ3) is 12.4. The lowest BCUT2D eigenvalue weighted by Crippen LogP contribution is -2.57. The molecular formula is C31H47N5O7.